The number of rotatable bonds is 4. The summed E-state index contributed by atoms with van der Waals surface area (Å²) in [6, 6.07) is 61.9. The van der Waals surface area contributed by atoms with Crippen molar-refractivity contribution in [3.05, 3.63) is 194 Å². The summed E-state index contributed by atoms with van der Waals surface area (Å²) < 4.78 is 33.4. The van der Waals surface area contributed by atoms with Gasteiger partial charge in [-0.3, -0.25) is 0 Å². The van der Waals surface area contributed by atoms with Crippen molar-refractivity contribution >= 4 is 74.6 Å². The van der Waals surface area contributed by atoms with E-state index in [0.29, 0.717) is 5.56 Å². The third-order valence-corrected chi connectivity index (χ3v) is 12.4. The predicted octanol–water partition coefficient (Wildman–Crippen LogP) is 15.6. The fraction of sp³-hybridized carbons (Fsp3) is 0. The van der Waals surface area contributed by atoms with Crippen molar-refractivity contribution in [2.45, 2.75) is 0 Å². The molecule has 0 bridgehead atoms. The van der Waals surface area contributed by atoms with Crippen LogP contribution in [0.5, 0.6) is 0 Å². The molecule has 0 saturated carbocycles. The van der Waals surface area contributed by atoms with Gasteiger partial charge in [0.05, 0.1) is 5.56 Å². The van der Waals surface area contributed by atoms with Crippen molar-refractivity contribution in [1.82, 2.24) is 0 Å². The molecule has 0 amide bonds. The van der Waals surface area contributed by atoms with Crippen molar-refractivity contribution in [1.29, 1.82) is 0 Å². The average molecular weight is 725 g/mol. The summed E-state index contributed by atoms with van der Waals surface area (Å²) >= 11 is 1.83. The minimum atomic E-state index is -0.569. The Morgan fingerprint density at radius 3 is 1.27 bits per heavy atom. The molecule has 0 aliphatic rings. The second kappa shape index (κ2) is 12.4. The molecule has 0 nitrogen and oxygen atoms in total. The number of halogens is 2. The van der Waals surface area contributed by atoms with Gasteiger partial charge in [-0.05, 0) is 89.1 Å². The Labute approximate surface area is 320 Å². The quantitative estimate of drug-likeness (QED) is 0.159. The van der Waals surface area contributed by atoms with Gasteiger partial charge < -0.3 is 0 Å². The SMILES string of the molecule is Fc1cccc(F)c1-c1c2ccccc2c(-c2ccc3c(c2)sc2c(-c4c5ccccc5c(-c5ccccc5)c5ccccc45)cccc23)c2ccccc12. The van der Waals surface area contributed by atoms with Crippen LogP contribution in [0.25, 0.3) is 108 Å². The van der Waals surface area contributed by atoms with Crippen LogP contribution in [-0.2, 0) is 0 Å². The normalized spacial score (nSPS) is 11.8. The van der Waals surface area contributed by atoms with Crippen molar-refractivity contribution in [2.75, 3.05) is 0 Å². The van der Waals surface area contributed by atoms with Crippen molar-refractivity contribution in [3.63, 3.8) is 0 Å². The molecule has 11 aromatic rings. The maximum absolute atomic E-state index is 15.5. The molecular weight excluding hydrogens is 695 g/mol. The summed E-state index contributed by atoms with van der Waals surface area (Å²) in [4.78, 5) is 0. The van der Waals surface area contributed by atoms with Gasteiger partial charge in [-0.25, -0.2) is 8.78 Å². The minimum absolute atomic E-state index is 0.00536. The van der Waals surface area contributed by atoms with E-state index in [0.717, 1.165) is 32.7 Å². The van der Waals surface area contributed by atoms with Crippen molar-refractivity contribution in [3.8, 4) is 44.5 Å². The van der Waals surface area contributed by atoms with E-state index in [-0.39, 0.29) is 5.56 Å². The van der Waals surface area contributed by atoms with Crippen LogP contribution in [0.1, 0.15) is 0 Å². The summed E-state index contributed by atoms with van der Waals surface area (Å²) in [6.07, 6.45) is 0. The largest absolute Gasteiger partial charge is 0.206 e. The van der Waals surface area contributed by atoms with E-state index >= 15 is 8.78 Å². The predicted molar refractivity (Wildman–Crippen MR) is 231 cm³/mol. The van der Waals surface area contributed by atoms with E-state index in [4.69, 9.17) is 0 Å². The molecule has 55 heavy (non-hydrogen) atoms. The Hall–Kier alpha value is -6.68. The first kappa shape index (κ1) is 31.8. The lowest BCUT2D eigenvalue weighted by Gasteiger charge is -2.18. The van der Waals surface area contributed by atoms with Gasteiger partial charge in [0.2, 0.25) is 0 Å². The summed E-state index contributed by atoms with van der Waals surface area (Å²) in [7, 11) is 0. The van der Waals surface area contributed by atoms with E-state index in [1.165, 1.54) is 82.2 Å². The second-order valence-electron chi connectivity index (χ2n) is 14.1. The lowest BCUT2D eigenvalue weighted by atomic mass is 9.85. The van der Waals surface area contributed by atoms with Crippen LogP contribution in [0.3, 0.4) is 0 Å². The smallest absolute Gasteiger partial charge is 0.134 e. The van der Waals surface area contributed by atoms with E-state index < -0.39 is 11.6 Å². The van der Waals surface area contributed by atoms with Crippen molar-refractivity contribution < 1.29 is 8.78 Å². The van der Waals surface area contributed by atoms with Crippen LogP contribution >= 0.6 is 11.3 Å². The van der Waals surface area contributed by atoms with Crippen molar-refractivity contribution in [2.24, 2.45) is 0 Å². The molecule has 1 aromatic heterocycles. The highest BCUT2D eigenvalue weighted by Gasteiger charge is 2.23. The Morgan fingerprint density at radius 2 is 0.727 bits per heavy atom. The van der Waals surface area contributed by atoms with Gasteiger partial charge in [-0.1, -0.05) is 164 Å². The molecule has 258 valence electrons. The zero-order chi connectivity index (χ0) is 36.6. The second-order valence-corrected chi connectivity index (χ2v) is 15.2. The van der Waals surface area contributed by atoms with Gasteiger partial charge >= 0.3 is 0 Å². The third kappa shape index (κ3) is 4.80. The average Bonchev–Trinajstić information content (AvgIpc) is 3.61. The summed E-state index contributed by atoms with van der Waals surface area (Å²) in [5.41, 5.74) is 7.64. The summed E-state index contributed by atoms with van der Waals surface area (Å²) in [5.74, 6) is -1.14. The molecule has 0 aliphatic carbocycles. The van der Waals surface area contributed by atoms with Crippen LogP contribution in [-0.4, -0.2) is 0 Å². The monoisotopic (exact) mass is 724 g/mol. The number of hydrogen-bond donors (Lipinski definition) is 0. The maximum atomic E-state index is 15.5. The molecular formula is C52H30F2S. The lowest BCUT2D eigenvalue weighted by molar-refractivity contribution is 0.590. The van der Waals surface area contributed by atoms with Gasteiger partial charge in [0.1, 0.15) is 11.6 Å². The number of fused-ring (bicyclic) bond motifs is 7. The fourth-order valence-corrected chi connectivity index (χ4v) is 10.2. The Kier molecular flexibility index (Phi) is 7.20. The highest BCUT2D eigenvalue weighted by molar-refractivity contribution is 7.26. The highest BCUT2D eigenvalue weighted by atomic mass is 32.1. The number of benzene rings is 10. The van der Waals surface area contributed by atoms with Gasteiger partial charge in [-0.2, -0.15) is 0 Å². The van der Waals surface area contributed by atoms with E-state index in [1.807, 2.05) is 47.7 Å². The molecule has 10 aromatic carbocycles. The van der Waals surface area contributed by atoms with Crippen LogP contribution in [0, 0.1) is 11.6 Å². The first-order valence-electron chi connectivity index (χ1n) is 18.5. The fourth-order valence-electron chi connectivity index (χ4n) is 8.93. The maximum Gasteiger partial charge on any atom is 0.134 e. The highest BCUT2D eigenvalue weighted by Crippen LogP contribution is 2.50. The first-order valence-corrected chi connectivity index (χ1v) is 19.3. The molecule has 11 rings (SSSR count). The molecule has 0 unspecified atom stereocenters. The van der Waals surface area contributed by atoms with Gasteiger partial charge in [0.15, 0.2) is 0 Å². The molecule has 0 spiro atoms. The van der Waals surface area contributed by atoms with Crippen LogP contribution in [0.15, 0.2) is 182 Å². The molecule has 3 heteroatoms. The molecule has 1 heterocycles. The zero-order valence-corrected chi connectivity index (χ0v) is 30.3. The van der Waals surface area contributed by atoms with Gasteiger partial charge in [-0.15, -0.1) is 11.3 Å². The van der Waals surface area contributed by atoms with E-state index in [9.17, 15) is 0 Å². The zero-order valence-electron chi connectivity index (χ0n) is 29.5. The van der Waals surface area contributed by atoms with Gasteiger partial charge in [0.25, 0.3) is 0 Å². The molecule has 0 N–H and O–H groups in total. The van der Waals surface area contributed by atoms with Crippen LogP contribution < -0.4 is 0 Å². The van der Waals surface area contributed by atoms with E-state index in [2.05, 4.69) is 127 Å². The molecule has 0 aliphatic heterocycles. The van der Waals surface area contributed by atoms with Gasteiger partial charge in [0, 0.05) is 31.3 Å². The molecule has 0 fully saturated rings. The van der Waals surface area contributed by atoms with Crippen LogP contribution in [0.4, 0.5) is 8.78 Å². The van der Waals surface area contributed by atoms with E-state index in [1.54, 1.807) is 0 Å². The topological polar surface area (TPSA) is 0 Å². The molecule has 0 radical (unpaired) electrons. The third-order valence-electron chi connectivity index (χ3n) is 11.2. The number of hydrogen-bond acceptors (Lipinski definition) is 1. The minimum Gasteiger partial charge on any atom is -0.206 e. The Morgan fingerprint density at radius 1 is 0.291 bits per heavy atom. The molecule has 0 saturated heterocycles. The standard InChI is InChI=1S/C52H30F2S/c53-44-26-13-27-45(54)51(44)50-40-22-10-6-18-36(40)48(37-19-7-11-23-41(37)50)32-28-29-33-42-24-12-25-43(52(42)55-46(33)30-32)49-38-20-8-4-16-34(38)47(31-14-2-1-3-15-31)35-17-5-9-21-39(35)49/h1-30H. The molecule has 0 atom stereocenters. The lowest BCUT2D eigenvalue weighted by Crippen LogP contribution is -1.95. The Balaban J connectivity index is 1.18. The first-order chi connectivity index (χ1) is 27.2. The Bertz CT molecular complexity index is 3210. The summed E-state index contributed by atoms with van der Waals surface area (Å²) in [6.45, 7) is 0. The number of thiophene rings is 1. The summed E-state index contributed by atoms with van der Waals surface area (Å²) in [5, 5.41) is 10.9. The van der Waals surface area contributed by atoms with Crippen LogP contribution in [0.2, 0.25) is 0 Å².